The largest absolute Gasteiger partial charge is 0.490 e. The van der Waals surface area contributed by atoms with Gasteiger partial charge in [0.2, 0.25) is 0 Å². The lowest BCUT2D eigenvalue weighted by atomic mass is 9.91. The minimum Gasteiger partial charge on any atom is -0.490 e. The van der Waals surface area contributed by atoms with Gasteiger partial charge in [0.1, 0.15) is 18.0 Å². The van der Waals surface area contributed by atoms with Crippen LogP contribution in [0.5, 0.6) is 5.75 Å². The summed E-state index contributed by atoms with van der Waals surface area (Å²) in [6.45, 7) is 14.4. The number of carbonyl (C=O) groups is 1. The fourth-order valence-corrected chi connectivity index (χ4v) is 4.30. The summed E-state index contributed by atoms with van der Waals surface area (Å²) in [6.07, 6.45) is 4.84. The summed E-state index contributed by atoms with van der Waals surface area (Å²) in [5.41, 5.74) is 5.05. The van der Waals surface area contributed by atoms with Crippen molar-refractivity contribution < 1.29 is 14.3 Å². The number of hydrogen-bond acceptors (Lipinski definition) is 4. The van der Waals surface area contributed by atoms with E-state index >= 15 is 0 Å². The Morgan fingerprint density at radius 3 is 2.57 bits per heavy atom. The van der Waals surface area contributed by atoms with E-state index in [4.69, 9.17) is 9.47 Å². The molecule has 2 aliphatic heterocycles. The highest BCUT2D eigenvalue weighted by molar-refractivity contribution is 5.71. The summed E-state index contributed by atoms with van der Waals surface area (Å²) < 4.78 is 11.7. The summed E-state index contributed by atoms with van der Waals surface area (Å²) in [5, 5.41) is 0. The van der Waals surface area contributed by atoms with Crippen LogP contribution in [0, 0.1) is 0 Å². The molecule has 1 amide bonds. The van der Waals surface area contributed by atoms with E-state index in [1.807, 2.05) is 25.7 Å². The second-order valence-corrected chi connectivity index (χ2v) is 8.89. The molecule has 0 N–H and O–H groups in total. The van der Waals surface area contributed by atoms with Crippen molar-refractivity contribution in [3.63, 3.8) is 0 Å². The van der Waals surface area contributed by atoms with Crippen LogP contribution >= 0.6 is 0 Å². The molecule has 0 saturated heterocycles. The first-order valence-electron chi connectivity index (χ1n) is 10.9. The summed E-state index contributed by atoms with van der Waals surface area (Å²) >= 11 is 0. The first-order chi connectivity index (χ1) is 13.3. The second kappa shape index (κ2) is 8.62. The first kappa shape index (κ1) is 20.8. The first-order valence-corrected chi connectivity index (χ1v) is 10.9. The van der Waals surface area contributed by atoms with Crippen LogP contribution in [0.3, 0.4) is 0 Å². The molecule has 2 aliphatic rings. The number of amides is 1. The predicted molar refractivity (Wildman–Crippen MR) is 114 cm³/mol. The number of nitrogens with zero attached hydrogens (tertiary/aromatic N) is 2. The van der Waals surface area contributed by atoms with E-state index < -0.39 is 5.60 Å². The van der Waals surface area contributed by atoms with Gasteiger partial charge in [0.25, 0.3) is 0 Å². The average molecular weight is 389 g/mol. The van der Waals surface area contributed by atoms with Crippen molar-refractivity contribution >= 4 is 11.8 Å². The number of ether oxygens (including phenoxy) is 2. The van der Waals surface area contributed by atoms with Crippen molar-refractivity contribution in [1.29, 1.82) is 0 Å². The third kappa shape index (κ3) is 4.56. The van der Waals surface area contributed by atoms with E-state index in [0.29, 0.717) is 13.1 Å². The van der Waals surface area contributed by atoms with Gasteiger partial charge in [-0.3, -0.25) is 0 Å². The molecule has 0 bridgehead atoms. The lowest BCUT2D eigenvalue weighted by Gasteiger charge is -2.35. The molecule has 1 aromatic rings. The van der Waals surface area contributed by atoms with Crippen molar-refractivity contribution in [2.24, 2.45) is 0 Å². The number of benzene rings is 1. The highest BCUT2D eigenvalue weighted by Gasteiger charge is 2.29. The van der Waals surface area contributed by atoms with E-state index in [1.54, 1.807) is 0 Å². The van der Waals surface area contributed by atoms with Gasteiger partial charge in [0.15, 0.2) is 0 Å². The quantitative estimate of drug-likeness (QED) is 0.757. The van der Waals surface area contributed by atoms with Crippen molar-refractivity contribution in [2.75, 3.05) is 37.7 Å². The molecule has 0 atom stereocenters. The molecule has 5 heteroatoms. The molecule has 2 heterocycles. The summed E-state index contributed by atoms with van der Waals surface area (Å²) in [5.74, 6) is 1.03. The molecule has 0 saturated carbocycles. The molecule has 0 fully saturated rings. The van der Waals surface area contributed by atoms with Crippen LogP contribution in [0.4, 0.5) is 10.5 Å². The van der Waals surface area contributed by atoms with Crippen LogP contribution in [0.25, 0.3) is 0 Å². The summed E-state index contributed by atoms with van der Waals surface area (Å²) in [4.78, 5) is 17.0. The minimum atomic E-state index is -0.461. The Labute approximate surface area is 170 Å². The molecule has 0 unspecified atom stereocenters. The summed E-state index contributed by atoms with van der Waals surface area (Å²) in [6, 6.07) is 2.24. The van der Waals surface area contributed by atoms with Crippen LogP contribution in [-0.2, 0) is 24.0 Å². The number of rotatable bonds is 4. The van der Waals surface area contributed by atoms with E-state index in [0.717, 1.165) is 57.6 Å². The van der Waals surface area contributed by atoms with Gasteiger partial charge in [0, 0.05) is 19.6 Å². The molecular weight excluding hydrogens is 352 g/mol. The van der Waals surface area contributed by atoms with Gasteiger partial charge in [-0.15, -0.1) is 0 Å². The Balaban J connectivity index is 1.92. The van der Waals surface area contributed by atoms with E-state index in [9.17, 15) is 4.79 Å². The monoisotopic (exact) mass is 388 g/mol. The van der Waals surface area contributed by atoms with E-state index in [-0.39, 0.29) is 6.09 Å². The van der Waals surface area contributed by atoms with Crippen LogP contribution in [0.1, 0.15) is 64.2 Å². The highest BCUT2D eigenvalue weighted by atomic mass is 16.6. The van der Waals surface area contributed by atoms with Crippen molar-refractivity contribution in [2.45, 2.75) is 72.3 Å². The zero-order valence-corrected chi connectivity index (χ0v) is 18.3. The molecule has 28 heavy (non-hydrogen) atoms. The maximum atomic E-state index is 12.6. The highest BCUT2D eigenvalue weighted by Crippen LogP contribution is 2.41. The number of fused-ring (bicyclic) bond motifs is 2. The van der Waals surface area contributed by atoms with Gasteiger partial charge >= 0.3 is 6.09 Å². The Morgan fingerprint density at radius 1 is 1.14 bits per heavy atom. The Morgan fingerprint density at radius 2 is 1.89 bits per heavy atom. The molecule has 0 radical (unpaired) electrons. The van der Waals surface area contributed by atoms with E-state index in [2.05, 4.69) is 24.8 Å². The van der Waals surface area contributed by atoms with Gasteiger partial charge < -0.3 is 19.3 Å². The maximum absolute atomic E-state index is 12.6. The number of anilines is 1. The van der Waals surface area contributed by atoms with Gasteiger partial charge in [-0.1, -0.05) is 20.3 Å². The zero-order chi connectivity index (χ0) is 20.3. The molecular formula is C23H36N2O3. The topological polar surface area (TPSA) is 42.0 Å². The van der Waals surface area contributed by atoms with Crippen LogP contribution in [-0.4, -0.2) is 49.4 Å². The number of carbonyl (C=O) groups excluding carboxylic acids is 1. The van der Waals surface area contributed by atoms with Crippen molar-refractivity contribution in [3.05, 3.63) is 22.8 Å². The third-order valence-electron chi connectivity index (χ3n) is 5.44. The molecule has 0 aliphatic carbocycles. The molecule has 5 nitrogen and oxygen atoms in total. The zero-order valence-electron chi connectivity index (χ0n) is 18.3. The lowest BCUT2D eigenvalue weighted by Crippen LogP contribution is -2.38. The summed E-state index contributed by atoms with van der Waals surface area (Å²) in [7, 11) is 0. The Bertz CT molecular complexity index is 709. The molecule has 3 rings (SSSR count). The fraction of sp³-hybridized carbons (Fsp3) is 0.696. The maximum Gasteiger partial charge on any atom is 0.410 e. The fourth-order valence-electron chi connectivity index (χ4n) is 4.30. The second-order valence-electron chi connectivity index (χ2n) is 8.89. The average Bonchev–Trinajstić information content (AvgIpc) is 2.83. The lowest BCUT2D eigenvalue weighted by molar-refractivity contribution is 0.0258. The SMILES string of the molecule is CCCc1c2c(cc3c1N(CCC)CCO3)CCN(C(=O)OC(C)(C)C)CC2. The normalized spacial score (nSPS) is 16.8. The van der Waals surface area contributed by atoms with Crippen LogP contribution in [0.2, 0.25) is 0 Å². The van der Waals surface area contributed by atoms with Crippen LogP contribution < -0.4 is 9.64 Å². The minimum absolute atomic E-state index is 0.203. The molecule has 0 aromatic heterocycles. The molecule has 1 aromatic carbocycles. The van der Waals surface area contributed by atoms with Gasteiger partial charge in [-0.25, -0.2) is 4.79 Å². The molecule has 156 valence electrons. The Kier molecular flexibility index (Phi) is 6.41. The van der Waals surface area contributed by atoms with Gasteiger partial charge in [0.05, 0.1) is 12.2 Å². The van der Waals surface area contributed by atoms with Crippen LogP contribution in [0.15, 0.2) is 6.07 Å². The predicted octanol–water partition coefficient (Wildman–Crippen LogP) is 4.58. The van der Waals surface area contributed by atoms with Gasteiger partial charge in [-0.2, -0.15) is 0 Å². The molecule has 0 spiro atoms. The van der Waals surface area contributed by atoms with Crippen molar-refractivity contribution in [3.8, 4) is 5.75 Å². The standard InChI is InChI=1S/C23H36N2O3/c1-6-8-19-18-10-13-25(22(26)28-23(3,4)5)12-9-17(18)16-20-21(19)24(11-7-2)14-15-27-20/h16H,6-15H2,1-5H3. The smallest absolute Gasteiger partial charge is 0.410 e. The number of hydrogen-bond donors (Lipinski definition) is 0. The Hall–Kier alpha value is -1.91. The third-order valence-corrected chi connectivity index (χ3v) is 5.44. The van der Waals surface area contributed by atoms with E-state index in [1.165, 1.54) is 22.4 Å². The van der Waals surface area contributed by atoms with Crippen molar-refractivity contribution in [1.82, 2.24) is 4.90 Å². The van der Waals surface area contributed by atoms with Gasteiger partial charge in [-0.05, 0) is 69.2 Å².